The number of hydrogen-bond acceptors (Lipinski definition) is 3. The third-order valence-electron chi connectivity index (χ3n) is 5.24. The van der Waals surface area contributed by atoms with Crippen molar-refractivity contribution < 1.29 is 4.79 Å². The second-order valence-electron chi connectivity index (χ2n) is 7.27. The van der Waals surface area contributed by atoms with Gasteiger partial charge in [-0.25, -0.2) is 0 Å². The second-order valence-corrected chi connectivity index (χ2v) is 7.68. The van der Waals surface area contributed by atoms with E-state index in [9.17, 15) is 9.59 Å². The molecule has 0 saturated carbocycles. The normalized spacial score (nSPS) is 11.1. The fraction of sp³-hybridized carbons (Fsp3) is 0.174. The number of halogens is 1. The SMILES string of the molecule is Cc1ccc(NC(=O)Cn2c(C)c3cnn(-c4ccccc4)c(=O)c3c2C)c(Cl)c1. The van der Waals surface area contributed by atoms with Crippen molar-refractivity contribution in [3.63, 3.8) is 0 Å². The number of nitrogens with zero attached hydrogens (tertiary/aromatic N) is 3. The zero-order chi connectivity index (χ0) is 21.4. The van der Waals surface area contributed by atoms with E-state index in [0.717, 1.165) is 22.3 Å². The molecule has 0 atom stereocenters. The molecule has 152 valence electrons. The predicted molar refractivity (Wildman–Crippen MR) is 120 cm³/mol. The van der Waals surface area contributed by atoms with Crippen LogP contribution in [0.3, 0.4) is 0 Å². The topological polar surface area (TPSA) is 68.9 Å². The number of rotatable bonds is 4. The van der Waals surface area contributed by atoms with Crippen molar-refractivity contribution in [2.45, 2.75) is 27.3 Å². The Labute approximate surface area is 178 Å². The first kappa shape index (κ1) is 19.9. The van der Waals surface area contributed by atoms with Crippen LogP contribution in [0.5, 0.6) is 0 Å². The predicted octanol–water partition coefficient (Wildman–Crippen LogP) is 4.40. The van der Waals surface area contributed by atoms with E-state index < -0.39 is 0 Å². The standard InChI is InChI=1S/C23H21ClN4O2/c1-14-9-10-20(19(24)11-14)26-21(29)13-27-15(2)18-12-25-28(17-7-5-4-6-8-17)23(30)22(18)16(27)3/h4-12H,13H2,1-3H3,(H,26,29). The van der Waals surface area contributed by atoms with Crippen LogP contribution in [0, 0.1) is 20.8 Å². The van der Waals surface area contributed by atoms with Crippen LogP contribution in [0.1, 0.15) is 17.0 Å². The van der Waals surface area contributed by atoms with E-state index in [1.807, 2.05) is 61.7 Å². The van der Waals surface area contributed by atoms with Crippen LogP contribution in [0.25, 0.3) is 16.5 Å². The second kappa shape index (κ2) is 7.80. The summed E-state index contributed by atoms with van der Waals surface area (Å²) in [5.74, 6) is -0.219. The maximum Gasteiger partial charge on any atom is 0.281 e. The first-order valence-electron chi connectivity index (χ1n) is 9.56. The Morgan fingerprint density at radius 3 is 2.50 bits per heavy atom. The van der Waals surface area contributed by atoms with Gasteiger partial charge in [-0.2, -0.15) is 9.78 Å². The zero-order valence-corrected chi connectivity index (χ0v) is 17.7. The molecule has 6 nitrogen and oxygen atoms in total. The van der Waals surface area contributed by atoms with Crippen LogP contribution in [0.4, 0.5) is 5.69 Å². The highest BCUT2D eigenvalue weighted by molar-refractivity contribution is 6.33. The lowest BCUT2D eigenvalue weighted by molar-refractivity contribution is -0.116. The van der Waals surface area contributed by atoms with Crippen LogP contribution in [0.15, 0.2) is 59.5 Å². The van der Waals surface area contributed by atoms with E-state index >= 15 is 0 Å². The number of fused-ring (bicyclic) bond motifs is 1. The molecule has 0 spiro atoms. The number of aromatic nitrogens is 3. The molecule has 0 unspecified atom stereocenters. The summed E-state index contributed by atoms with van der Waals surface area (Å²) in [7, 11) is 0. The molecule has 0 fully saturated rings. The fourth-order valence-electron chi connectivity index (χ4n) is 3.65. The maximum atomic E-state index is 13.1. The van der Waals surface area contributed by atoms with Crippen LogP contribution in [-0.4, -0.2) is 20.3 Å². The Balaban J connectivity index is 1.70. The molecule has 0 aliphatic carbocycles. The summed E-state index contributed by atoms with van der Waals surface area (Å²) in [5, 5.41) is 8.97. The largest absolute Gasteiger partial charge is 0.338 e. The quantitative estimate of drug-likeness (QED) is 0.531. The van der Waals surface area contributed by atoms with Crippen LogP contribution >= 0.6 is 11.6 Å². The summed E-state index contributed by atoms with van der Waals surface area (Å²) < 4.78 is 3.21. The zero-order valence-electron chi connectivity index (χ0n) is 16.9. The number of hydrogen-bond donors (Lipinski definition) is 1. The van der Waals surface area contributed by atoms with Crippen molar-refractivity contribution in [3.05, 3.63) is 87.1 Å². The van der Waals surface area contributed by atoms with Crippen molar-refractivity contribution in [2.24, 2.45) is 0 Å². The van der Waals surface area contributed by atoms with Gasteiger partial charge >= 0.3 is 0 Å². The molecule has 2 aromatic carbocycles. The molecule has 0 saturated heterocycles. The van der Waals surface area contributed by atoms with Gasteiger partial charge < -0.3 is 9.88 Å². The number of benzene rings is 2. The summed E-state index contributed by atoms with van der Waals surface area (Å²) in [6.07, 6.45) is 1.68. The molecule has 2 aromatic heterocycles. The molecule has 7 heteroatoms. The van der Waals surface area contributed by atoms with Crippen molar-refractivity contribution in [2.75, 3.05) is 5.32 Å². The molecule has 0 bridgehead atoms. The molecule has 2 heterocycles. The Morgan fingerprint density at radius 1 is 1.07 bits per heavy atom. The number of para-hydroxylation sites is 1. The molecule has 1 amide bonds. The van der Waals surface area contributed by atoms with E-state index in [-0.39, 0.29) is 18.0 Å². The van der Waals surface area contributed by atoms with Gasteiger partial charge in [-0.05, 0) is 50.6 Å². The summed E-state index contributed by atoms with van der Waals surface area (Å²) in [6.45, 7) is 5.74. The number of anilines is 1. The first-order valence-corrected chi connectivity index (χ1v) is 9.93. The van der Waals surface area contributed by atoms with Crippen molar-refractivity contribution >= 4 is 34.0 Å². The molecule has 0 aliphatic rings. The van der Waals surface area contributed by atoms with Crippen LogP contribution in [-0.2, 0) is 11.3 Å². The highest BCUT2D eigenvalue weighted by atomic mass is 35.5. The molecular weight excluding hydrogens is 400 g/mol. The lowest BCUT2D eigenvalue weighted by Gasteiger charge is -2.11. The van der Waals surface area contributed by atoms with Gasteiger partial charge in [0, 0.05) is 16.8 Å². The van der Waals surface area contributed by atoms with Gasteiger partial charge in [0.1, 0.15) is 6.54 Å². The van der Waals surface area contributed by atoms with Gasteiger partial charge in [0.05, 0.1) is 28.0 Å². The summed E-state index contributed by atoms with van der Waals surface area (Å²) >= 11 is 6.23. The minimum absolute atomic E-state index is 0.0708. The maximum absolute atomic E-state index is 13.1. The summed E-state index contributed by atoms with van der Waals surface area (Å²) in [4.78, 5) is 25.8. The highest BCUT2D eigenvalue weighted by Gasteiger charge is 2.18. The Kier molecular flexibility index (Phi) is 5.18. The van der Waals surface area contributed by atoms with Gasteiger partial charge in [0.25, 0.3) is 5.56 Å². The molecular formula is C23H21ClN4O2. The number of carbonyl (C=O) groups excluding carboxylic acids is 1. The Morgan fingerprint density at radius 2 is 1.80 bits per heavy atom. The summed E-state index contributed by atoms with van der Waals surface area (Å²) in [6, 6.07) is 14.7. The monoisotopic (exact) mass is 420 g/mol. The van der Waals surface area contributed by atoms with Gasteiger partial charge in [-0.1, -0.05) is 35.9 Å². The molecule has 1 N–H and O–H groups in total. The lowest BCUT2D eigenvalue weighted by atomic mass is 10.2. The van der Waals surface area contributed by atoms with Crippen LogP contribution < -0.4 is 10.9 Å². The molecule has 4 aromatic rings. The van der Waals surface area contributed by atoms with Gasteiger partial charge in [-0.15, -0.1) is 0 Å². The Bertz CT molecular complexity index is 1320. The number of amides is 1. The molecule has 0 aliphatic heterocycles. The highest BCUT2D eigenvalue weighted by Crippen LogP contribution is 2.25. The van der Waals surface area contributed by atoms with E-state index in [1.54, 1.807) is 18.3 Å². The van der Waals surface area contributed by atoms with E-state index in [2.05, 4.69) is 10.4 Å². The Hall–Kier alpha value is -3.38. The van der Waals surface area contributed by atoms with E-state index in [0.29, 0.717) is 21.8 Å². The van der Waals surface area contributed by atoms with E-state index in [1.165, 1.54) is 4.68 Å². The minimum Gasteiger partial charge on any atom is -0.338 e. The van der Waals surface area contributed by atoms with E-state index in [4.69, 9.17) is 11.6 Å². The van der Waals surface area contributed by atoms with Gasteiger partial charge in [-0.3, -0.25) is 9.59 Å². The number of carbonyl (C=O) groups is 1. The van der Waals surface area contributed by atoms with Crippen molar-refractivity contribution in [3.8, 4) is 5.69 Å². The van der Waals surface area contributed by atoms with Gasteiger partial charge in [0.15, 0.2) is 0 Å². The summed E-state index contributed by atoms with van der Waals surface area (Å²) in [5.41, 5.74) is 3.61. The average Bonchev–Trinajstić information content (AvgIpc) is 2.96. The van der Waals surface area contributed by atoms with Crippen LogP contribution in [0.2, 0.25) is 5.02 Å². The minimum atomic E-state index is -0.219. The number of nitrogens with one attached hydrogen (secondary N) is 1. The number of aryl methyl sites for hydroxylation is 3. The molecule has 30 heavy (non-hydrogen) atoms. The van der Waals surface area contributed by atoms with Gasteiger partial charge in [0.2, 0.25) is 5.91 Å². The third-order valence-corrected chi connectivity index (χ3v) is 5.55. The van der Waals surface area contributed by atoms with Crippen molar-refractivity contribution in [1.29, 1.82) is 0 Å². The first-order chi connectivity index (χ1) is 14.4. The lowest BCUT2D eigenvalue weighted by Crippen LogP contribution is -2.22. The fourth-order valence-corrected chi connectivity index (χ4v) is 3.94. The molecule has 4 rings (SSSR count). The average molecular weight is 421 g/mol. The molecule has 0 radical (unpaired) electrons. The van der Waals surface area contributed by atoms with Crippen molar-refractivity contribution in [1.82, 2.24) is 14.3 Å². The smallest absolute Gasteiger partial charge is 0.281 e. The third kappa shape index (κ3) is 3.50.